The summed E-state index contributed by atoms with van der Waals surface area (Å²) in [6.07, 6.45) is -18.0. The second-order valence-corrected chi connectivity index (χ2v) is 15.3. The third-order valence-corrected chi connectivity index (χ3v) is 10.9. The number of hydrogen-bond acceptors (Lipinski definition) is 23. The Morgan fingerprint density at radius 3 is 1.26 bits per heavy atom. The summed E-state index contributed by atoms with van der Waals surface area (Å²) in [6, 6.07) is 0. The van der Waals surface area contributed by atoms with Gasteiger partial charge in [0.2, 0.25) is 0 Å². The lowest BCUT2D eigenvalue weighted by Crippen LogP contribution is -2.59. The maximum atomic E-state index is 9.53. The van der Waals surface area contributed by atoms with Crippen molar-refractivity contribution in [2.75, 3.05) is 39.6 Å². The standard InChI is InChI=1S/C8H16O4.3C7H14O5.C6H12O4/c1-3-8(2)7(11)6(10)5(9)4-12-8;1-7(3-9)6(11)5(10)4(2-8)12-7;1-3-5(10)6(11)7(12-3)4(9)2-8;1-3-5(9)7(11)6(10)4(2-8)12-3;1-3-5(8)6(9)4(2-7)10-3/h5-7,9-11H,3-4H2,1-2H3;4-6,8-11H,2-3H2,1H3;2*3-11H,2H2,1H3;3-9H,2H2,1H3/t5-,6+,7?,8-;4-,5?,6?,7-;3?,4?,5?,6?,7-;3-,4?,5?,6-,7-;3?,4-,5?,6?/m11111/s1. The number of aliphatic hydroxyl groups is 18. The lowest BCUT2D eigenvalue weighted by Gasteiger charge is -2.42. The van der Waals surface area contributed by atoms with Crippen LogP contribution in [0.25, 0.3) is 0 Å². The molecule has 23 nitrogen and oxygen atoms in total. The largest absolute Gasteiger partial charge is 0.394 e. The van der Waals surface area contributed by atoms with E-state index in [1.807, 2.05) is 6.92 Å². The topological polar surface area (TPSA) is 410 Å². The van der Waals surface area contributed by atoms with Gasteiger partial charge < -0.3 is 116 Å². The molecule has 0 aliphatic carbocycles. The highest BCUT2D eigenvalue weighted by molar-refractivity contribution is 4.99. The zero-order valence-electron chi connectivity index (χ0n) is 33.6. The minimum Gasteiger partial charge on any atom is -0.394 e. The fourth-order valence-electron chi connectivity index (χ4n) is 6.34. The Labute approximate surface area is 336 Å². The first kappa shape index (κ1) is 55.1. The van der Waals surface area contributed by atoms with Crippen molar-refractivity contribution >= 4 is 0 Å². The predicted octanol–water partition coefficient (Wildman–Crippen LogP) is -8.70. The maximum Gasteiger partial charge on any atom is 0.117 e. The Morgan fingerprint density at radius 2 is 0.931 bits per heavy atom. The Bertz CT molecular complexity index is 1110. The van der Waals surface area contributed by atoms with Crippen molar-refractivity contribution in [2.45, 2.75) is 181 Å². The van der Waals surface area contributed by atoms with E-state index in [-0.39, 0.29) is 39.1 Å². The molecule has 0 spiro atoms. The summed E-state index contributed by atoms with van der Waals surface area (Å²) in [4.78, 5) is 0. The third-order valence-electron chi connectivity index (χ3n) is 10.9. The Balaban J connectivity index is 0.000000363. The number of aliphatic hydroxyl groups excluding tert-OH is 18. The van der Waals surface area contributed by atoms with E-state index in [4.69, 9.17) is 69.6 Å². The van der Waals surface area contributed by atoms with Gasteiger partial charge in [-0.15, -0.1) is 0 Å². The zero-order chi connectivity index (χ0) is 45.0. The molecule has 0 aromatic rings. The summed E-state index contributed by atoms with van der Waals surface area (Å²) < 4.78 is 25.4. The fraction of sp³-hybridized carbons (Fsp3) is 1.00. The van der Waals surface area contributed by atoms with Crippen LogP contribution in [0.4, 0.5) is 0 Å². The van der Waals surface area contributed by atoms with Crippen LogP contribution < -0.4 is 0 Å². The second-order valence-electron chi connectivity index (χ2n) is 15.3. The SMILES string of the molecule is CC1O[C@H](C(O)CO)C(O)C1O.CC1O[C@H](CO)C(O)C1O.CC[C@@]1(C)OC[C@@H](O)[C@H](O)C1O.C[C@H]1OC(CO)[C@@H](O)[C@H](O)C1O.C[C@]1(CO)O[C@H](CO)C(O)C1O. The summed E-state index contributed by atoms with van der Waals surface area (Å²) in [5, 5.41) is 164. The highest BCUT2D eigenvalue weighted by Gasteiger charge is 2.50. The molecule has 18 N–H and O–H groups in total. The highest BCUT2D eigenvalue weighted by atomic mass is 16.6. The quantitative estimate of drug-likeness (QED) is 0.113. The molecule has 0 aromatic heterocycles. The molecule has 5 saturated heterocycles. The van der Waals surface area contributed by atoms with Gasteiger partial charge in [0, 0.05) is 0 Å². The first-order valence-electron chi connectivity index (χ1n) is 19.0. The van der Waals surface area contributed by atoms with Gasteiger partial charge in [0.05, 0.1) is 63.6 Å². The molecule has 0 amide bonds. The van der Waals surface area contributed by atoms with Crippen LogP contribution in [0, 0.1) is 0 Å². The van der Waals surface area contributed by atoms with Crippen LogP contribution in [-0.4, -0.2) is 265 Å². The van der Waals surface area contributed by atoms with Crippen molar-refractivity contribution in [3.63, 3.8) is 0 Å². The van der Waals surface area contributed by atoms with Gasteiger partial charge in [-0.3, -0.25) is 0 Å². The lowest BCUT2D eigenvalue weighted by molar-refractivity contribution is -0.230. The summed E-state index contributed by atoms with van der Waals surface area (Å²) in [7, 11) is 0. The predicted molar refractivity (Wildman–Crippen MR) is 194 cm³/mol. The molecular formula is C35H70O23. The average molecular weight is 859 g/mol. The van der Waals surface area contributed by atoms with Crippen LogP contribution in [0.5, 0.6) is 0 Å². The van der Waals surface area contributed by atoms with Crippen LogP contribution in [0.2, 0.25) is 0 Å². The molecule has 348 valence electrons. The number of hydrogen-bond donors (Lipinski definition) is 18. The van der Waals surface area contributed by atoms with E-state index in [9.17, 15) is 46.0 Å². The van der Waals surface area contributed by atoms with Gasteiger partial charge in [-0.25, -0.2) is 0 Å². The average Bonchev–Trinajstić information content (AvgIpc) is 3.73. The smallest absolute Gasteiger partial charge is 0.117 e. The maximum absolute atomic E-state index is 9.53. The normalized spacial score (nSPS) is 47.9. The van der Waals surface area contributed by atoms with Crippen LogP contribution in [0.3, 0.4) is 0 Å². The monoisotopic (exact) mass is 858 g/mol. The third kappa shape index (κ3) is 13.8. The fourth-order valence-corrected chi connectivity index (χ4v) is 6.34. The lowest BCUT2D eigenvalue weighted by atomic mass is 9.87. The molecule has 5 rings (SSSR count). The van der Waals surface area contributed by atoms with E-state index >= 15 is 0 Å². The van der Waals surface area contributed by atoms with E-state index in [2.05, 4.69) is 0 Å². The van der Waals surface area contributed by atoms with Gasteiger partial charge in [-0.05, 0) is 41.0 Å². The molecule has 5 aliphatic heterocycles. The molecule has 5 aliphatic rings. The van der Waals surface area contributed by atoms with E-state index < -0.39 is 134 Å². The molecule has 22 atom stereocenters. The van der Waals surface area contributed by atoms with Crippen LogP contribution in [-0.2, 0) is 23.7 Å². The van der Waals surface area contributed by atoms with Crippen molar-refractivity contribution in [1.29, 1.82) is 0 Å². The van der Waals surface area contributed by atoms with Crippen molar-refractivity contribution < 1.29 is 116 Å². The molecule has 0 bridgehead atoms. The van der Waals surface area contributed by atoms with E-state index in [1.54, 1.807) is 27.7 Å². The molecule has 0 aromatic carbocycles. The molecular weight excluding hydrogens is 788 g/mol. The second kappa shape index (κ2) is 24.6. The minimum atomic E-state index is -1.24. The van der Waals surface area contributed by atoms with Gasteiger partial charge in [-0.2, -0.15) is 0 Å². The Morgan fingerprint density at radius 1 is 0.517 bits per heavy atom. The molecule has 5 fully saturated rings. The number of rotatable bonds is 7. The van der Waals surface area contributed by atoms with Crippen LogP contribution in [0.15, 0.2) is 0 Å². The molecule has 5 heterocycles. The molecule has 12 unspecified atom stereocenters. The van der Waals surface area contributed by atoms with Gasteiger partial charge >= 0.3 is 0 Å². The molecule has 58 heavy (non-hydrogen) atoms. The van der Waals surface area contributed by atoms with Crippen molar-refractivity contribution in [3.05, 3.63) is 0 Å². The summed E-state index contributed by atoms with van der Waals surface area (Å²) in [5.41, 5.74) is -1.88. The van der Waals surface area contributed by atoms with Gasteiger partial charge in [-0.1, -0.05) is 6.92 Å². The van der Waals surface area contributed by atoms with Crippen molar-refractivity contribution in [1.82, 2.24) is 0 Å². The van der Waals surface area contributed by atoms with Gasteiger partial charge in [0.25, 0.3) is 0 Å². The summed E-state index contributed by atoms with van der Waals surface area (Å²) in [6.45, 7) is 8.14. The molecule has 23 heteroatoms. The first-order chi connectivity index (χ1) is 26.9. The number of ether oxygens (including phenoxy) is 5. The van der Waals surface area contributed by atoms with Gasteiger partial charge in [0.1, 0.15) is 109 Å². The van der Waals surface area contributed by atoms with E-state index in [1.165, 1.54) is 6.92 Å². The summed E-state index contributed by atoms with van der Waals surface area (Å²) >= 11 is 0. The molecule has 0 radical (unpaired) electrons. The Hall–Kier alpha value is -0.920. The van der Waals surface area contributed by atoms with E-state index in [0.29, 0.717) is 6.42 Å². The van der Waals surface area contributed by atoms with Crippen LogP contribution >= 0.6 is 0 Å². The zero-order valence-corrected chi connectivity index (χ0v) is 33.6. The molecule has 0 saturated carbocycles. The summed E-state index contributed by atoms with van der Waals surface area (Å²) in [5.74, 6) is 0. The van der Waals surface area contributed by atoms with E-state index in [0.717, 1.165) is 0 Å². The Kier molecular flexibility index (Phi) is 23.4. The highest BCUT2D eigenvalue weighted by Crippen LogP contribution is 2.31. The van der Waals surface area contributed by atoms with Gasteiger partial charge in [0.15, 0.2) is 0 Å². The minimum absolute atomic E-state index is 0.0859. The first-order valence-corrected chi connectivity index (χ1v) is 19.0. The van der Waals surface area contributed by atoms with Crippen molar-refractivity contribution in [3.8, 4) is 0 Å². The van der Waals surface area contributed by atoms with Crippen LogP contribution in [0.1, 0.15) is 48.0 Å². The van der Waals surface area contributed by atoms with Crippen molar-refractivity contribution in [2.24, 2.45) is 0 Å².